The molecule has 8 heteroatoms. The van der Waals surface area contributed by atoms with Crippen molar-refractivity contribution in [3.63, 3.8) is 0 Å². The highest BCUT2D eigenvalue weighted by molar-refractivity contribution is 7.89. The normalized spacial score (nSPS) is 11.1. The largest absolute Gasteiger partial charge is 0.466 e. The van der Waals surface area contributed by atoms with E-state index >= 15 is 0 Å². The van der Waals surface area contributed by atoms with E-state index in [4.69, 9.17) is 15.6 Å². The molecule has 0 unspecified atom stereocenters. The van der Waals surface area contributed by atoms with E-state index in [1.165, 1.54) is 12.1 Å². The van der Waals surface area contributed by atoms with E-state index in [0.717, 1.165) is 0 Å². The van der Waals surface area contributed by atoms with Crippen LogP contribution in [-0.2, 0) is 19.6 Å². The van der Waals surface area contributed by atoms with E-state index in [2.05, 4.69) is 5.32 Å². The number of esters is 1. The number of primary sulfonamides is 1. The van der Waals surface area contributed by atoms with E-state index in [-0.39, 0.29) is 16.6 Å². The Morgan fingerprint density at radius 3 is 2.65 bits per heavy atom. The van der Waals surface area contributed by atoms with Crippen LogP contribution in [0.5, 0.6) is 0 Å². The number of sulfonamides is 1. The fourth-order valence-corrected chi connectivity index (χ4v) is 2.12. The predicted octanol–water partition coefficient (Wildman–Crippen LogP) is 0.671. The highest BCUT2D eigenvalue weighted by atomic mass is 32.2. The third-order valence-corrected chi connectivity index (χ3v) is 3.44. The van der Waals surface area contributed by atoms with Gasteiger partial charge >= 0.3 is 5.97 Å². The van der Waals surface area contributed by atoms with Gasteiger partial charge in [-0.1, -0.05) is 0 Å². The molecule has 0 fully saturated rings. The number of carbonyl (C=O) groups excluding carboxylic acids is 1. The molecule has 0 radical (unpaired) electrons. The molecule has 7 nitrogen and oxygen atoms in total. The summed E-state index contributed by atoms with van der Waals surface area (Å²) >= 11 is 0. The molecule has 0 bridgehead atoms. The molecule has 0 amide bonds. The lowest BCUT2D eigenvalue weighted by Crippen LogP contribution is -2.13. The van der Waals surface area contributed by atoms with Crippen molar-refractivity contribution in [2.45, 2.75) is 24.7 Å². The molecule has 0 saturated carbocycles. The average molecular weight is 301 g/mol. The van der Waals surface area contributed by atoms with Crippen molar-refractivity contribution in [1.82, 2.24) is 0 Å². The molecule has 20 heavy (non-hydrogen) atoms. The Morgan fingerprint density at radius 2 is 2.10 bits per heavy atom. The number of benzene rings is 1. The zero-order valence-electron chi connectivity index (χ0n) is 11.3. The average Bonchev–Trinajstić information content (AvgIpc) is 2.35. The highest BCUT2D eigenvalue weighted by Gasteiger charge is 2.09. The molecular weight excluding hydrogens is 282 g/mol. The van der Waals surface area contributed by atoms with Gasteiger partial charge in [-0.25, -0.2) is 13.6 Å². The molecule has 0 atom stereocenters. The van der Waals surface area contributed by atoms with Gasteiger partial charge in [-0.15, -0.1) is 0 Å². The second-order valence-electron chi connectivity index (χ2n) is 4.13. The molecule has 0 spiro atoms. The molecule has 1 rings (SSSR count). The summed E-state index contributed by atoms with van der Waals surface area (Å²) in [7, 11) is -3.75. The topological polar surface area (TPSA) is 125 Å². The maximum Gasteiger partial charge on any atom is 0.305 e. The van der Waals surface area contributed by atoms with Crippen molar-refractivity contribution >= 4 is 27.4 Å². The van der Waals surface area contributed by atoms with Crippen molar-refractivity contribution in [3.8, 4) is 0 Å². The van der Waals surface area contributed by atoms with Crippen LogP contribution in [-0.4, -0.2) is 27.5 Å². The van der Waals surface area contributed by atoms with Crippen molar-refractivity contribution in [3.05, 3.63) is 18.2 Å². The van der Waals surface area contributed by atoms with Gasteiger partial charge in [0.25, 0.3) is 0 Å². The van der Waals surface area contributed by atoms with Crippen molar-refractivity contribution < 1.29 is 17.9 Å². The monoisotopic (exact) mass is 301 g/mol. The summed E-state index contributed by atoms with van der Waals surface area (Å²) < 4.78 is 27.1. The van der Waals surface area contributed by atoms with E-state index in [1.54, 1.807) is 13.0 Å². The Bertz CT molecular complexity index is 572. The first kappa shape index (κ1) is 16.3. The summed E-state index contributed by atoms with van der Waals surface area (Å²) in [5, 5.41) is 8.02. The standard InChI is InChI=1S/C12H19N3O4S/c1-2-19-12(16)4-3-7-15-11-6-5-9(8-10(11)13)20(14,17)18/h5-6,8,15H,2-4,7,13H2,1H3,(H2,14,17,18). The lowest BCUT2D eigenvalue weighted by molar-refractivity contribution is -0.143. The first-order valence-electron chi connectivity index (χ1n) is 6.16. The second kappa shape index (κ2) is 7.11. The number of rotatable bonds is 7. The van der Waals surface area contributed by atoms with Crippen LogP contribution in [0.3, 0.4) is 0 Å². The third-order valence-electron chi connectivity index (χ3n) is 2.53. The molecule has 1 aromatic carbocycles. The van der Waals surface area contributed by atoms with Crippen molar-refractivity contribution in [2.24, 2.45) is 5.14 Å². The van der Waals surface area contributed by atoms with Crippen LogP contribution in [0.2, 0.25) is 0 Å². The molecule has 0 aliphatic rings. The van der Waals surface area contributed by atoms with E-state index in [9.17, 15) is 13.2 Å². The van der Waals surface area contributed by atoms with E-state index in [1.807, 2.05) is 0 Å². The summed E-state index contributed by atoms with van der Waals surface area (Å²) in [6.45, 7) is 2.65. The number of nitrogens with one attached hydrogen (secondary N) is 1. The Balaban J connectivity index is 2.51. The number of hydrogen-bond donors (Lipinski definition) is 3. The van der Waals surface area contributed by atoms with Crippen molar-refractivity contribution in [1.29, 1.82) is 0 Å². The number of carbonyl (C=O) groups is 1. The Morgan fingerprint density at radius 1 is 1.40 bits per heavy atom. The quantitative estimate of drug-likeness (QED) is 0.386. The molecular formula is C12H19N3O4S. The van der Waals surface area contributed by atoms with Gasteiger partial charge in [0, 0.05) is 13.0 Å². The van der Waals surface area contributed by atoms with E-state index < -0.39 is 10.0 Å². The number of ether oxygens (including phenoxy) is 1. The summed E-state index contributed by atoms with van der Waals surface area (Å²) in [4.78, 5) is 11.1. The molecule has 0 aliphatic carbocycles. The van der Waals surface area contributed by atoms with Crippen LogP contribution in [0.15, 0.2) is 23.1 Å². The number of nitrogen functional groups attached to an aromatic ring is 1. The summed E-state index contributed by atoms with van der Waals surface area (Å²) in [6.07, 6.45) is 0.908. The summed E-state index contributed by atoms with van der Waals surface area (Å²) in [5.74, 6) is -0.244. The number of hydrogen-bond acceptors (Lipinski definition) is 6. The Labute approximate surface area is 118 Å². The molecule has 112 valence electrons. The van der Waals surface area contributed by atoms with Crippen LogP contribution >= 0.6 is 0 Å². The van der Waals surface area contributed by atoms with Gasteiger partial charge in [-0.2, -0.15) is 0 Å². The summed E-state index contributed by atoms with van der Waals surface area (Å²) in [5.41, 5.74) is 6.62. The predicted molar refractivity (Wildman–Crippen MR) is 76.6 cm³/mol. The van der Waals surface area contributed by atoms with Gasteiger partial charge in [-0.05, 0) is 31.5 Å². The van der Waals surface area contributed by atoms with Crippen LogP contribution in [0, 0.1) is 0 Å². The van der Waals surface area contributed by atoms with Crippen molar-refractivity contribution in [2.75, 3.05) is 24.2 Å². The first-order valence-corrected chi connectivity index (χ1v) is 7.71. The van der Waals surface area contributed by atoms with Crippen LogP contribution in [0.4, 0.5) is 11.4 Å². The van der Waals surface area contributed by atoms with E-state index in [0.29, 0.717) is 31.7 Å². The molecule has 0 saturated heterocycles. The second-order valence-corrected chi connectivity index (χ2v) is 5.69. The maximum atomic E-state index is 11.1. The van der Waals surface area contributed by atoms with Gasteiger partial charge in [0.2, 0.25) is 10.0 Å². The van der Waals surface area contributed by atoms with Crippen LogP contribution in [0.1, 0.15) is 19.8 Å². The minimum Gasteiger partial charge on any atom is -0.466 e. The lowest BCUT2D eigenvalue weighted by Gasteiger charge is -2.10. The SMILES string of the molecule is CCOC(=O)CCCNc1ccc(S(N)(=O)=O)cc1N. The van der Waals surface area contributed by atoms with Gasteiger partial charge in [0.1, 0.15) is 0 Å². The zero-order valence-corrected chi connectivity index (χ0v) is 12.1. The lowest BCUT2D eigenvalue weighted by atomic mass is 10.2. The summed E-state index contributed by atoms with van der Waals surface area (Å²) in [6, 6.07) is 4.21. The maximum absolute atomic E-state index is 11.1. The molecule has 1 aromatic rings. The van der Waals surface area contributed by atoms with Gasteiger partial charge in [0.15, 0.2) is 0 Å². The fraction of sp³-hybridized carbons (Fsp3) is 0.417. The zero-order chi connectivity index (χ0) is 15.2. The number of nitrogens with two attached hydrogens (primary N) is 2. The smallest absolute Gasteiger partial charge is 0.305 e. The minimum absolute atomic E-state index is 0.0351. The minimum atomic E-state index is -3.75. The first-order chi connectivity index (χ1) is 9.34. The molecule has 5 N–H and O–H groups in total. The molecule has 0 heterocycles. The Hall–Kier alpha value is -1.80. The highest BCUT2D eigenvalue weighted by Crippen LogP contribution is 2.21. The van der Waals surface area contributed by atoms with Gasteiger partial charge in [-0.3, -0.25) is 4.79 Å². The Kier molecular flexibility index (Phi) is 5.78. The molecule has 0 aromatic heterocycles. The molecule has 0 aliphatic heterocycles. The third kappa shape index (κ3) is 5.06. The number of anilines is 2. The van der Waals surface area contributed by atoms with Gasteiger partial charge in [0.05, 0.1) is 22.9 Å². The van der Waals surface area contributed by atoms with Crippen LogP contribution < -0.4 is 16.2 Å². The van der Waals surface area contributed by atoms with Crippen LogP contribution in [0.25, 0.3) is 0 Å². The fourth-order valence-electron chi connectivity index (χ4n) is 1.57. The van der Waals surface area contributed by atoms with Gasteiger partial charge < -0.3 is 15.8 Å².